The van der Waals surface area contributed by atoms with Crippen molar-refractivity contribution < 1.29 is 9.53 Å². The second-order valence-corrected chi connectivity index (χ2v) is 4.42. The first-order chi connectivity index (χ1) is 6.86. The van der Waals surface area contributed by atoms with E-state index in [1.165, 1.54) is 12.8 Å². The average Bonchev–Trinajstić information content (AvgIpc) is 3.02. The Morgan fingerprint density at radius 3 is 2.47 bits per heavy atom. The van der Waals surface area contributed by atoms with E-state index in [0.717, 1.165) is 38.3 Å². The van der Waals surface area contributed by atoms with E-state index in [9.17, 15) is 4.79 Å². The molecule has 0 spiro atoms. The molecular formula is C11H20ClNO2. The van der Waals surface area contributed by atoms with Crippen molar-refractivity contribution in [2.24, 2.45) is 11.8 Å². The summed E-state index contributed by atoms with van der Waals surface area (Å²) < 4.78 is 5.21. The minimum absolute atomic E-state index is 0. The first-order valence-electron chi connectivity index (χ1n) is 5.73. The van der Waals surface area contributed by atoms with Crippen LogP contribution < -0.4 is 5.32 Å². The summed E-state index contributed by atoms with van der Waals surface area (Å²) in [4.78, 5) is 11.2. The monoisotopic (exact) mass is 233 g/mol. The van der Waals surface area contributed by atoms with Gasteiger partial charge in [0.2, 0.25) is 0 Å². The fourth-order valence-electron chi connectivity index (χ4n) is 1.93. The van der Waals surface area contributed by atoms with Gasteiger partial charge in [-0.2, -0.15) is 0 Å². The van der Waals surface area contributed by atoms with Gasteiger partial charge in [-0.3, -0.25) is 4.79 Å². The van der Waals surface area contributed by atoms with Gasteiger partial charge in [-0.1, -0.05) is 0 Å². The van der Waals surface area contributed by atoms with Gasteiger partial charge >= 0.3 is 5.97 Å². The average molecular weight is 234 g/mol. The Bertz CT molecular complexity index is 201. The highest BCUT2D eigenvalue weighted by molar-refractivity contribution is 5.85. The van der Waals surface area contributed by atoms with Crippen LogP contribution in [0.15, 0.2) is 0 Å². The second kappa shape index (κ2) is 6.33. The van der Waals surface area contributed by atoms with Crippen LogP contribution >= 0.6 is 12.4 Å². The van der Waals surface area contributed by atoms with Gasteiger partial charge < -0.3 is 10.1 Å². The second-order valence-electron chi connectivity index (χ2n) is 4.42. The normalized spacial score (nSPS) is 21.9. The number of ether oxygens (including phenoxy) is 1. The Morgan fingerprint density at radius 2 is 1.87 bits per heavy atom. The largest absolute Gasteiger partial charge is 0.465 e. The molecule has 1 saturated carbocycles. The molecule has 1 saturated heterocycles. The summed E-state index contributed by atoms with van der Waals surface area (Å²) in [7, 11) is 0. The third-order valence-electron chi connectivity index (χ3n) is 3.14. The van der Waals surface area contributed by atoms with E-state index in [2.05, 4.69) is 5.32 Å². The van der Waals surface area contributed by atoms with E-state index < -0.39 is 0 Å². The number of hydrogen-bond acceptors (Lipinski definition) is 3. The van der Waals surface area contributed by atoms with E-state index in [4.69, 9.17) is 4.74 Å². The lowest BCUT2D eigenvalue weighted by Crippen LogP contribution is -2.28. The molecule has 88 valence electrons. The maximum Gasteiger partial charge on any atom is 0.308 e. The van der Waals surface area contributed by atoms with Crippen LogP contribution in [-0.4, -0.2) is 25.7 Å². The van der Waals surface area contributed by atoms with E-state index in [0.29, 0.717) is 6.61 Å². The lowest BCUT2D eigenvalue weighted by Gasteiger charge is -2.22. The topological polar surface area (TPSA) is 38.3 Å². The van der Waals surface area contributed by atoms with Crippen molar-refractivity contribution in [2.45, 2.75) is 32.1 Å². The molecule has 3 nitrogen and oxygen atoms in total. The summed E-state index contributed by atoms with van der Waals surface area (Å²) in [6, 6.07) is 0. The summed E-state index contributed by atoms with van der Waals surface area (Å²) in [6.07, 6.45) is 5.63. The molecular weight excluding hydrogens is 214 g/mol. The van der Waals surface area contributed by atoms with Crippen molar-refractivity contribution in [1.29, 1.82) is 0 Å². The molecule has 0 amide bonds. The van der Waals surface area contributed by atoms with Gasteiger partial charge in [0.25, 0.3) is 0 Å². The van der Waals surface area contributed by atoms with Gasteiger partial charge in [-0.25, -0.2) is 0 Å². The van der Waals surface area contributed by atoms with Crippen molar-refractivity contribution >= 4 is 18.4 Å². The summed E-state index contributed by atoms with van der Waals surface area (Å²) in [5, 5.41) is 3.33. The molecule has 1 N–H and O–H groups in total. The van der Waals surface area contributed by atoms with E-state index >= 15 is 0 Å². The Morgan fingerprint density at radius 1 is 1.20 bits per heavy atom. The first kappa shape index (κ1) is 12.8. The summed E-state index contributed by atoms with van der Waals surface area (Å²) in [5.41, 5.74) is 0. The minimum atomic E-state index is 0. The molecule has 0 aromatic carbocycles. The maximum absolute atomic E-state index is 11.2. The maximum atomic E-state index is 11.2. The molecule has 2 aliphatic rings. The zero-order valence-corrected chi connectivity index (χ0v) is 9.85. The number of carbonyl (C=O) groups is 1. The van der Waals surface area contributed by atoms with Gasteiger partial charge in [-0.05, 0) is 51.1 Å². The number of nitrogens with one attached hydrogen (secondary N) is 1. The molecule has 0 atom stereocenters. The Kier molecular flexibility index (Phi) is 5.40. The van der Waals surface area contributed by atoms with Crippen LogP contribution in [0.25, 0.3) is 0 Å². The summed E-state index contributed by atoms with van der Waals surface area (Å²) in [6.45, 7) is 2.89. The number of halogens is 1. The van der Waals surface area contributed by atoms with Crippen molar-refractivity contribution in [1.82, 2.24) is 5.32 Å². The van der Waals surface area contributed by atoms with E-state index in [1.807, 2.05) is 0 Å². The van der Waals surface area contributed by atoms with Crippen molar-refractivity contribution in [2.75, 3.05) is 19.7 Å². The van der Waals surface area contributed by atoms with Crippen LogP contribution in [0.1, 0.15) is 32.1 Å². The van der Waals surface area contributed by atoms with E-state index in [1.54, 1.807) is 0 Å². The van der Waals surface area contributed by atoms with Crippen LogP contribution in [0.4, 0.5) is 0 Å². The number of hydrogen-bond donors (Lipinski definition) is 1. The minimum Gasteiger partial charge on any atom is -0.465 e. The lowest BCUT2D eigenvalue weighted by molar-refractivity contribution is -0.145. The number of esters is 1. The Hall–Kier alpha value is -0.280. The SMILES string of the molecule is Cl.O=C(OCCC1CCNCC1)C1CC1. The van der Waals surface area contributed by atoms with Crippen LogP contribution in [0, 0.1) is 11.8 Å². The molecule has 2 rings (SSSR count). The van der Waals surface area contributed by atoms with Gasteiger partial charge in [0.15, 0.2) is 0 Å². The molecule has 1 heterocycles. The summed E-state index contributed by atoms with van der Waals surface area (Å²) in [5.74, 6) is 1.06. The van der Waals surface area contributed by atoms with Crippen LogP contribution in [0.5, 0.6) is 0 Å². The molecule has 15 heavy (non-hydrogen) atoms. The van der Waals surface area contributed by atoms with Gasteiger partial charge in [0, 0.05) is 0 Å². The molecule has 2 fully saturated rings. The predicted molar refractivity (Wildman–Crippen MR) is 61.1 cm³/mol. The molecule has 0 bridgehead atoms. The van der Waals surface area contributed by atoms with Crippen LogP contribution in [0.3, 0.4) is 0 Å². The van der Waals surface area contributed by atoms with Gasteiger partial charge in [0.05, 0.1) is 12.5 Å². The Balaban J connectivity index is 0.00000112. The van der Waals surface area contributed by atoms with Gasteiger partial charge in [0.1, 0.15) is 0 Å². The lowest BCUT2D eigenvalue weighted by atomic mass is 9.95. The smallest absolute Gasteiger partial charge is 0.308 e. The predicted octanol–water partition coefficient (Wildman–Crippen LogP) is 1.75. The zero-order chi connectivity index (χ0) is 9.80. The molecule has 0 aromatic rings. The van der Waals surface area contributed by atoms with Crippen LogP contribution in [-0.2, 0) is 9.53 Å². The van der Waals surface area contributed by atoms with Gasteiger partial charge in [-0.15, -0.1) is 12.4 Å². The fourth-order valence-corrected chi connectivity index (χ4v) is 1.93. The van der Waals surface area contributed by atoms with Crippen LogP contribution in [0.2, 0.25) is 0 Å². The third-order valence-corrected chi connectivity index (χ3v) is 3.14. The molecule has 1 aliphatic carbocycles. The quantitative estimate of drug-likeness (QED) is 0.752. The Labute approximate surface area is 97.4 Å². The van der Waals surface area contributed by atoms with Crippen molar-refractivity contribution in [3.8, 4) is 0 Å². The highest BCUT2D eigenvalue weighted by Gasteiger charge is 2.31. The number of carbonyl (C=O) groups excluding carboxylic acids is 1. The highest BCUT2D eigenvalue weighted by atomic mass is 35.5. The standard InChI is InChI=1S/C11H19NO2.ClH/c13-11(10-1-2-10)14-8-5-9-3-6-12-7-4-9;/h9-10,12H,1-8H2;1H. The molecule has 0 aromatic heterocycles. The molecule has 1 aliphatic heterocycles. The third kappa shape index (κ3) is 4.39. The molecule has 0 unspecified atom stereocenters. The molecule has 0 radical (unpaired) electrons. The zero-order valence-electron chi connectivity index (χ0n) is 9.04. The fraction of sp³-hybridized carbons (Fsp3) is 0.909. The van der Waals surface area contributed by atoms with Crippen molar-refractivity contribution in [3.63, 3.8) is 0 Å². The number of piperidine rings is 1. The molecule has 4 heteroatoms. The van der Waals surface area contributed by atoms with Crippen molar-refractivity contribution in [3.05, 3.63) is 0 Å². The number of rotatable bonds is 4. The first-order valence-corrected chi connectivity index (χ1v) is 5.73. The highest BCUT2D eigenvalue weighted by Crippen LogP contribution is 2.30. The van der Waals surface area contributed by atoms with E-state index in [-0.39, 0.29) is 24.3 Å². The summed E-state index contributed by atoms with van der Waals surface area (Å²) >= 11 is 0.